The van der Waals surface area contributed by atoms with E-state index in [-0.39, 0.29) is 12.0 Å². The molecule has 8 nitrogen and oxygen atoms in total. The molecule has 0 bridgehead atoms. The fourth-order valence-corrected chi connectivity index (χ4v) is 3.40. The molecule has 0 spiro atoms. The Labute approximate surface area is 145 Å². The highest BCUT2D eigenvalue weighted by molar-refractivity contribution is 5.94. The van der Waals surface area contributed by atoms with Crippen LogP contribution >= 0.6 is 0 Å². The Bertz CT molecular complexity index is 776. The number of hydrogen-bond acceptors (Lipinski definition) is 7. The summed E-state index contributed by atoms with van der Waals surface area (Å²) in [6, 6.07) is 0. The lowest BCUT2D eigenvalue weighted by molar-refractivity contribution is 0.0759. The third kappa shape index (κ3) is 3.04. The van der Waals surface area contributed by atoms with Gasteiger partial charge in [-0.05, 0) is 19.3 Å². The highest BCUT2D eigenvalue weighted by Gasteiger charge is 2.33. The van der Waals surface area contributed by atoms with Gasteiger partial charge in [0.25, 0.3) is 17.7 Å². The molecule has 2 aromatic heterocycles. The quantitative estimate of drug-likeness (QED) is 0.833. The zero-order valence-electron chi connectivity index (χ0n) is 14.1. The number of aromatic nitrogens is 3. The van der Waals surface area contributed by atoms with E-state index in [0.717, 1.165) is 43.4 Å². The first kappa shape index (κ1) is 15.9. The third-order valence-electron chi connectivity index (χ3n) is 4.69. The van der Waals surface area contributed by atoms with Gasteiger partial charge in [0.05, 0.1) is 13.7 Å². The molecule has 0 N–H and O–H groups in total. The van der Waals surface area contributed by atoms with Crippen molar-refractivity contribution in [1.82, 2.24) is 20.0 Å². The number of nitrogens with zero attached hydrogens (tertiary/aromatic N) is 4. The number of aryl methyl sites for hydroxylation is 1. The predicted molar refractivity (Wildman–Crippen MR) is 86.7 cm³/mol. The van der Waals surface area contributed by atoms with Gasteiger partial charge in [0.15, 0.2) is 5.69 Å². The second kappa shape index (κ2) is 6.70. The molecule has 0 aromatic carbocycles. The smallest absolute Gasteiger partial charge is 0.278 e. The minimum Gasteiger partial charge on any atom is -0.477 e. The third-order valence-corrected chi connectivity index (χ3v) is 4.69. The molecule has 1 aliphatic heterocycles. The summed E-state index contributed by atoms with van der Waals surface area (Å²) in [7, 11) is 1.52. The second-order valence-corrected chi connectivity index (χ2v) is 6.29. The Hall–Kier alpha value is -2.64. The largest absolute Gasteiger partial charge is 0.477 e. The molecule has 1 aliphatic carbocycles. The van der Waals surface area contributed by atoms with Crippen LogP contribution in [0.2, 0.25) is 0 Å². The van der Waals surface area contributed by atoms with Crippen molar-refractivity contribution < 1.29 is 18.8 Å². The average Bonchev–Trinajstić information content (AvgIpc) is 3.28. The maximum absolute atomic E-state index is 12.8. The van der Waals surface area contributed by atoms with Crippen LogP contribution in [0.15, 0.2) is 16.9 Å². The monoisotopic (exact) mass is 344 g/mol. The first-order valence-electron chi connectivity index (χ1n) is 8.54. The van der Waals surface area contributed by atoms with Crippen molar-refractivity contribution in [2.24, 2.45) is 0 Å². The van der Waals surface area contributed by atoms with Gasteiger partial charge in [0.1, 0.15) is 11.9 Å². The number of methoxy groups -OCH3 is 1. The molecule has 0 radical (unpaired) electrons. The summed E-state index contributed by atoms with van der Waals surface area (Å²) in [5.41, 5.74) is 1.45. The van der Waals surface area contributed by atoms with Crippen LogP contribution in [-0.4, -0.2) is 52.2 Å². The number of likely N-dealkylation sites (tertiary alicyclic amines) is 1. The van der Waals surface area contributed by atoms with Crippen LogP contribution in [0.25, 0.3) is 0 Å². The van der Waals surface area contributed by atoms with E-state index < -0.39 is 0 Å². The van der Waals surface area contributed by atoms with Crippen LogP contribution < -0.4 is 9.47 Å². The van der Waals surface area contributed by atoms with E-state index in [4.69, 9.17) is 14.0 Å². The standard InChI is InChI=1S/C17H20N4O4/c1-23-15-16(19-8-7-18-15)24-11-6-9-21(10-11)17(22)14-12-4-2-3-5-13(12)25-20-14/h7-8,11H,2-6,9-10H2,1H3. The summed E-state index contributed by atoms with van der Waals surface area (Å²) in [6.07, 6.45) is 7.59. The minimum absolute atomic E-state index is 0.0795. The first-order valence-corrected chi connectivity index (χ1v) is 8.54. The van der Waals surface area contributed by atoms with Gasteiger partial charge in [0.2, 0.25) is 0 Å². The fraction of sp³-hybridized carbons (Fsp3) is 0.529. The number of ether oxygens (including phenoxy) is 2. The Morgan fingerprint density at radius 3 is 2.88 bits per heavy atom. The topological polar surface area (TPSA) is 90.6 Å². The molecule has 1 unspecified atom stereocenters. The maximum atomic E-state index is 12.8. The molecular formula is C17H20N4O4. The zero-order valence-corrected chi connectivity index (χ0v) is 14.1. The Kier molecular flexibility index (Phi) is 4.25. The van der Waals surface area contributed by atoms with Crippen molar-refractivity contribution >= 4 is 5.91 Å². The van der Waals surface area contributed by atoms with Gasteiger partial charge in [-0.3, -0.25) is 4.79 Å². The predicted octanol–water partition coefficient (Wildman–Crippen LogP) is 1.65. The number of hydrogen-bond donors (Lipinski definition) is 0. The molecule has 1 fully saturated rings. The molecule has 1 saturated heterocycles. The summed E-state index contributed by atoms with van der Waals surface area (Å²) >= 11 is 0. The van der Waals surface area contributed by atoms with Gasteiger partial charge in [0, 0.05) is 37.3 Å². The summed E-state index contributed by atoms with van der Waals surface area (Å²) < 4.78 is 16.4. The van der Waals surface area contributed by atoms with E-state index in [1.54, 1.807) is 17.3 Å². The summed E-state index contributed by atoms with van der Waals surface area (Å²) in [5.74, 6) is 1.48. The SMILES string of the molecule is COc1nccnc1OC1CCN(C(=O)c2noc3c2CCCC3)C1. The Morgan fingerprint density at radius 2 is 2.04 bits per heavy atom. The molecule has 0 saturated carbocycles. The molecule has 2 aliphatic rings. The molecular weight excluding hydrogens is 324 g/mol. The lowest BCUT2D eigenvalue weighted by Crippen LogP contribution is -2.32. The van der Waals surface area contributed by atoms with Crippen LogP contribution in [0.3, 0.4) is 0 Å². The van der Waals surface area contributed by atoms with E-state index in [1.165, 1.54) is 7.11 Å². The van der Waals surface area contributed by atoms with Crippen LogP contribution in [-0.2, 0) is 12.8 Å². The van der Waals surface area contributed by atoms with Crippen LogP contribution in [0.4, 0.5) is 0 Å². The molecule has 1 atom stereocenters. The number of fused-ring (bicyclic) bond motifs is 1. The zero-order chi connectivity index (χ0) is 17.2. The van der Waals surface area contributed by atoms with E-state index in [1.807, 2.05) is 0 Å². The molecule has 25 heavy (non-hydrogen) atoms. The van der Waals surface area contributed by atoms with Crippen molar-refractivity contribution in [3.8, 4) is 11.8 Å². The Morgan fingerprint density at radius 1 is 1.24 bits per heavy atom. The first-order chi connectivity index (χ1) is 12.3. The van der Waals surface area contributed by atoms with Gasteiger partial charge in [-0.2, -0.15) is 0 Å². The summed E-state index contributed by atoms with van der Waals surface area (Å²) in [5, 5.41) is 4.03. The van der Waals surface area contributed by atoms with Crippen LogP contribution in [0, 0.1) is 0 Å². The number of carbonyl (C=O) groups excluding carboxylic acids is 1. The van der Waals surface area contributed by atoms with Gasteiger partial charge in [-0.1, -0.05) is 5.16 Å². The van der Waals surface area contributed by atoms with Crippen LogP contribution in [0.1, 0.15) is 41.1 Å². The number of amides is 1. The molecule has 2 aromatic rings. The molecule has 3 heterocycles. The second-order valence-electron chi connectivity index (χ2n) is 6.29. The summed E-state index contributed by atoms with van der Waals surface area (Å²) in [4.78, 5) is 22.8. The molecule has 8 heteroatoms. The van der Waals surface area contributed by atoms with Gasteiger partial charge >= 0.3 is 0 Å². The molecule has 1 amide bonds. The van der Waals surface area contributed by atoms with Crippen molar-refractivity contribution in [2.45, 2.75) is 38.2 Å². The van der Waals surface area contributed by atoms with Crippen molar-refractivity contribution in [3.63, 3.8) is 0 Å². The van der Waals surface area contributed by atoms with E-state index in [9.17, 15) is 4.79 Å². The Balaban J connectivity index is 1.44. The molecule has 4 rings (SSSR count). The highest BCUT2D eigenvalue weighted by Crippen LogP contribution is 2.27. The van der Waals surface area contributed by atoms with E-state index in [2.05, 4.69) is 15.1 Å². The van der Waals surface area contributed by atoms with Crippen LogP contribution in [0.5, 0.6) is 11.8 Å². The minimum atomic E-state index is -0.141. The number of rotatable bonds is 4. The number of carbonyl (C=O) groups is 1. The van der Waals surface area contributed by atoms with Crippen molar-refractivity contribution in [2.75, 3.05) is 20.2 Å². The lowest BCUT2D eigenvalue weighted by atomic mass is 9.96. The average molecular weight is 344 g/mol. The normalized spacial score (nSPS) is 19.6. The van der Waals surface area contributed by atoms with Gasteiger partial charge in [-0.25, -0.2) is 9.97 Å². The highest BCUT2D eigenvalue weighted by atomic mass is 16.5. The maximum Gasteiger partial charge on any atom is 0.278 e. The van der Waals surface area contributed by atoms with Gasteiger partial charge in [-0.15, -0.1) is 0 Å². The van der Waals surface area contributed by atoms with Crippen molar-refractivity contribution in [1.29, 1.82) is 0 Å². The van der Waals surface area contributed by atoms with E-state index in [0.29, 0.717) is 30.5 Å². The summed E-state index contributed by atoms with van der Waals surface area (Å²) in [6.45, 7) is 1.11. The van der Waals surface area contributed by atoms with Gasteiger partial charge < -0.3 is 18.9 Å². The fourth-order valence-electron chi connectivity index (χ4n) is 3.40. The van der Waals surface area contributed by atoms with Crippen molar-refractivity contribution in [3.05, 3.63) is 29.4 Å². The molecule has 132 valence electrons. The lowest BCUT2D eigenvalue weighted by Gasteiger charge is -2.17. The van der Waals surface area contributed by atoms with E-state index >= 15 is 0 Å².